The van der Waals surface area contributed by atoms with Gasteiger partial charge in [-0.2, -0.15) is 0 Å². The number of esters is 1. The predicted molar refractivity (Wildman–Crippen MR) is 48.3 cm³/mol. The summed E-state index contributed by atoms with van der Waals surface area (Å²) in [5.74, 6) is -0.196. The van der Waals surface area contributed by atoms with Crippen molar-refractivity contribution in [1.29, 1.82) is 0 Å². The summed E-state index contributed by atoms with van der Waals surface area (Å²) in [7, 11) is 0. The van der Waals surface area contributed by atoms with Crippen LogP contribution in [0.1, 0.15) is 15.9 Å². The van der Waals surface area contributed by atoms with Gasteiger partial charge < -0.3 is 4.74 Å². The molecule has 3 heteroatoms. The Kier molecular flexibility index (Phi) is 1.60. The number of fused-ring (bicyclic) bond motifs is 1. The number of cyclic esters (lactones) is 1. The maximum Gasteiger partial charge on any atom is 0.338 e. The van der Waals surface area contributed by atoms with E-state index in [1.54, 1.807) is 0 Å². The minimum Gasteiger partial charge on any atom is -0.457 e. The lowest BCUT2D eigenvalue weighted by Crippen LogP contribution is -1.93. The second kappa shape index (κ2) is 2.48. The molecule has 1 aromatic rings. The van der Waals surface area contributed by atoms with Crippen molar-refractivity contribution in [3.05, 3.63) is 32.9 Å². The number of hydrogen-bond donors (Lipinski definition) is 0. The lowest BCUT2D eigenvalue weighted by molar-refractivity contribution is 0.0535. The smallest absolute Gasteiger partial charge is 0.338 e. The number of carbonyl (C=O) groups excluding carboxylic acids is 1. The van der Waals surface area contributed by atoms with Crippen molar-refractivity contribution < 1.29 is 9.53 Å². The van der Waals surface area contributed by atoms with Crippen LogP contribution in [0.5, 0.6) is 0 Å². The molecular formula is C8H5IO2. The lowest BCUT2D eigenvalue weighted by Gasteiger charge is -1.92. The molecule has 1 aromatic carbocycles. The maximum atomic E-state index is 11.0. The normalized spacial score (nSPS) is 14.5. The molecule has 0 saturated heterocycles. The molecule has 0 amide bonds. The van der Waals surface area contributed by atoms with E-state index in [1.165, 1.54) is 0 Å². The molecule has 0 bridgehead atoms. The van der Waals surface area contributed by atoms with Gasteiger partial charge in [0.2, 0.25) is 0 Å². The van der Waals surface area contributed by atoms with E-state index in [1.807, 2.05) is 18.2 Å². The summed E-state index contributed by atoms with van der Waals surface area (Å²) < 4.78 is 5.91. The highest BCUT2D eigenvalue weighted by Gasteiger charge is 2.20. The molecule has 0 radical (unpaired) electrons. The van der Waals surface area contributed by atoms with Crippen LogP contribution < -0.4 is 0 Å². The Hall–Kier alpha value is -0.580. The summed E-state index contributed by atoms with van der Waals surface area (Å²) >= 11 is 2.18. The van der Waals surface area contributed by atoms with Gasteiger partial charge in [-0.05, 0) is 34.7 Å². The Bertz CT molecular complexity index is 320. The van der Waals surface area contributed by atoms with E-state index in [0.29, 0.717) is 6.61 Å². The van der Waals surface area contributed by atoms with Crippen LogP contribution in [-0.4, -0.2) is 5.97 Å². The number of rotatable bonds is 0. The lowest BCUT2D eigenvalue weighted by atomic mass is 10.1. The van der Waals surface area contributed by atoms with Crippen LogP contribution in [0.2, 0.25) is 0 Å². The van der Waals surface area contributed by atoms with Gasteiger partial charge in [0, 0.05) is 9.13 Å². The van der Waals surface area contributed by atoms with Crippen LogP contribution in [0.4, 0.5) is 0 Å². The molecular weight excluding hydrogens is 255 g/mol. The fourth-order valence-electron chi connectivity index (χ4n) is 1.09. The van der Waals surface area contributed by atoms with Crippen molar-refractivity contribution in [1.82, 2.24) is 0 Å². The highest BCUT2D eigenvalue weighted by Crippen LogP contribution is 2.21. The number of halogens is 1. The predicted octanol–water partition coefficient (Wildman–Crippen LogP) is 1.96. The van der Waals surface area contributed by atoms with Gasteiger partial charge in [-0.25, -0.2) is 4.79 Å². The largest absolute Gasteiger partial charge is 0.457 e. The summed E-state index contributed by atoms with van der Waals surface area (Å²) in [6.07, 6.45) is 0. The second-order valence-corrected chi connectivity index (χ2v) is 3.62. The summed E-state index contributed by atoms with van der Waals surface area (Å²) in [5, 5.41) is 0. The topological polar surface area (TPSA) is 26.3 Å². The Morgan fingerprint density at radius 1 is 1.45 bits per heavy atom. The van der Waals surface area contributed by atoms with Gasteiger partial charge in [-0.3, -0.25) is 0 Å². The quantitative estimate of drug-likeness (QED) is 0.526. The zero-order valence-electron chi connectivity index (χ0n) is 5.63. The van der Waals surface area contributed by atoms with Gasteiger partial charge in [0.25, 0.3) is 0 Å². The number of carbonyl (C=O) groups is 1. The number of hydrogen-bond acceptors (Lipinski definition) is 2. The molecule has 0 aliphatic carbocycles. The zero-order chi connectivity index (χ0) is 7.84. The average molecular weight is 260 g/mol. The third kappa shape index (κ3) is 1.13. The van der Waals surface area contributed by atoms with Gasteiger partial charge in [-0.15, -0.1) is 0 Å². The standard InChI is InChI=1S/C8H5IO2/c9-6-2-1-5-4-11-8(10)7(5)3-6/h1-3H,4H2. The van der Waals surface area contributed by atoms with Crippen LogP contribution in [-0.2, 0) is 11.3 Å². The molecule has 1 aliphatic heterocycles. The molecule has 0 fully saturated rings. The van der Waals surface area contributed by atoms with Crippen molar-refractivity contribution in [3.8, 4) is 0 Å². The number of ether oxygens (including phenoxy) is 1. The molecule has 2 rings (SSSR count). The Balaban J connectivity index is 2.60. The minimum atomic E-state index is -0.196. The number of benzene rings is 1. The third-order valence-electron chi connectivity index (χ3n) is 1.65. The fourth-order valence-corrected chi connectivity index (χ4v) is 1.58. The minimum absolute atomic E-state index is 0.196. The Labute approximate surface area is 77.7 Å². The molecule has 0 saturated carbocycles. The van der Waals surface area contributed by atoms with E-state index in [9.17, 15) is 4.79 Å². The molecule has 0 atom stereocenters. The van der Waals surface area contributed by atoms with Gasteiger partial charge in [0.15, 0.2) is 0 Å². The first-order valence-corrected chi connectivity index (χ1v) is 4.31. The SMILES string of the molecule is O=C1OCc2ccc(I)cc21. The molecule has 1 heterocycles. The zero-order valence-corrected chi connectivity index (χ0v) is 7.79. The van der Waals surface area contributed by atoms with Crippen LogP contribution in [0, 0.1) is 3.57 Å². The first-order valence-electron chi connectivity index (χ1n) is 3.23. The summed E-state index contributed by atoms with van der Waals surface area (Å²) in [5.41, 5.74) is 1.72. The molecule has 0 spiro atoms. The molecule has 2 nitrogen and oxygen atoms in total. The molecule has 56 valence electrons. The van der Waals surface area contributed by atoms with Gasteiger partial charge >= 0.3 is 5.97 Å². The summed E-state index contributed by atoms with van der Waals surface area (Å²) in [6, 6.07) is 5.76. The van der Waals surface area contributed by atoms with Crippen molar-refractivity contribution in [2.24, 2.45) is 0 Å². The molecule has 0 N–H and O–H groups in total. The monoisotopic (exact) mass is 260 g/mol. The van der Waals surface area contributed by atoms with Crippen molar-refractivity contribution in [3.63, 3.8) is 0 Å². The van der Waals surface area contributed by atoms with Gasteiger partial charge in [0.1, 0.15) is 6.61 Å². The Morgan fingerprint density at radius 2 is 2.27 bits per heavy atom. The second-order valence-electron chi connectivity index (χ2n) is 2.38. The fraction of sp³-hybridized carbons (Fsp3) is 0.125. The van der Waals surface area contributed by atoms with E-state index in [4.69, 9.17) is 4.74 Å². The van der Waals surface area contributed by atoms with Crippen molar-refractivity contribution in [2.75, 3.05) is 0 Å². The van der Waals surface area contributed by atoms with Crippen LogP contribution in [0.25, 0.3) is 0 Å². The molecule has 0 unspecified atom stereocenters. The van der Waals surface area contributed by atoms with Gasteiger partial charge in [-0.1, -0.05) is 6.07 Å². The molecule has 1 aliphatic rings. The maximum absolute atomic E-state index is 11.0. The van der Waals surface area contributed by atoms with E-state index < -0.39 is 0 Å². The van der Waals surface area contributed by atoms with Crippen LogP contribution >= 0.6 is 22.6 Å². The first kappa shape index (κ1) is 7.09. The van der Waals surface area contributed by atoms with Gasteiger partial charge in [0.05, 0.1) is 5.56 Å². The van der Waals surface area contributed by atoms with Crippen LogP contribution in [0.15, 0.2) is 18.2 Å². The highest BCUT2D eigenvalue weighted by molar-refractivity contribution is 14.1. The van der Waals surface area contributed by atoms with E-state index in [-0.39, 0.29) is 5.97 Å². The molecule has 11 heavy (non-hydrogen) atoms. The van der Waals surface area contributed by atoms with E-state index >= 15 is 0 Å². The average Bonchev–Trinajstić information content (AvgIpc) is 2.33. The van der Waals surface area contributed by atoms with Crippen LogP contribution in [0.3, 0.4) is 0 Å². The van der Waals surface area contributed by atoms with E-state index in [0.717, 1.165) is 14.7 Å². The van der Waals surface area contributed by atoms with E-state index in [2.05, 4.69) is 22.6 Å². The summed E-state index contributed by atoms with van der Waals surface area (Å²) in [6.45, 7) is 0.436. The van der Waals surface area contributed by atoms with Crippen molar-refractivity contribution in [2.45, 2.75) is 6.61 Å². The highest BCUT2D eigenvalue weighted by atomic mass is 127. The Morgan fingerprint density at radius 3 is 3.09 bits per heavy atom. The summed E-state index contributed by atoms with van der Waals surface area (Å²) in [4.78, 5) is 11.0. The van der Waals surface area contributed by atoms with Crippen molar-refractivity contribution >= 4 is 28.6 Å². The third-order valence-corrected chi connectivity index (χ3v) is 2.32. The first-order chi connectivity index (χ1) is 5.27. The molecule has 0 aromatic heterocycles.